The van der Waals surface area contributed by atoms with E-state index in [4.69, 9.17) is 14.0 Å². The molecule has 0 saturated heterocycles. The number of fused-ring (bicyclic) bond motifs is 9. The zero-order chi connectivity index (χ0) is 39.7. The SMILES string of the molecule is Fc1c[c-]c2c(c1)c1ccccc1n1ccnc21.[2H]c1cc(C([2H])([2H])C(C)(C)C)cc([2H])c1-c1cc(-c2[c-]ccc3c2oc2ccccc23)ncc1C([2H])([2H])[2H].[Ir]. The molecule has 0 aliphatic heterocycles. The van der Waals surface area contributed by atoms with Gasteiger partial charge in [-0.2, -0.15) is 0 Å². The molecule has 9 rings (SSSR count). The van der Waals surface area contributed by atoms with Crippen LogP contribution < -0.4 is 0 Å². The number of furan rings is 1. The van der Waals surface area contributed by atoms with Gasteiger partial charge in [0.25, 0.3) is 0 Å². The molecule has 249 valence electrons. The van der Waals surface area contributed by atoms with Crippen LogP contribution in [0.15, 0.2) is 126 Å². The average Bonchev–Trinajstić information content (AvgIpc) is 3.80. The maximum atomic E-state index is 13.4. The molecular weight excluding hydrogens is 798 g/mol. The maximum Gasteiger partial charge on any atom is 0.120 e. The third kappa shape index (κ3) is 6.22. The minimum absolute atomic E-state index is 0. The van der Waals surface area contributed by atoms with Gasteiger partial charge < -0.3 is 13.8 Å². The van der Waals surface area contributed by atoms with Crippen molar-refractivity contribution >= 4 is 49.3 Å². The molecule has 6 heteroatoms. The molecule has 4 nitrogen and oxygen atoms in total. The predicted molar refractivity (Wildman–Crippen MR) is 198 cm³/mol. The van der Waals surface area contributed by atoms with E-state index in [1.807, 2.05) is 65.2 Å². The van der Waals surface area contributed by atoms with Gasteiger partial charge in [-0.15, -0.1) is 36.4 Å². The second kappa shape index (κ2) is 13.3. The number of nitrogens with zero attached hydrogens (tertiary/aromatic N) is 3. The predicted octanol–water partition coefficient (Wildman–Crippen LogP) is 11.6. The molecule has 0 spiro atoms. The summed E-state index contributed by atoms with van der Waals surface area (Å²) in [5.41, 5.74) is 3.64. The molecular formula is C44H34FIrN3O-2. The molecule has 0 atom stereocenters. The first-order valence-corrected chi connectivity index (χ1v) is 15.8. The molecule has 0 N–H and O–H groups in total. The summed E-state index contributed by atoms with van der Waals surface area (Å²) in [4.78, 5) is 8.77. The monoisotopic (exact) mass is 839 g/mol. The van der Waals surface area contributed by atoms with Gasteiger partial charge in [0.1, 0.15) is 5.58 Å². The summed E-state index contributed by atoms with van der Waals surface area (Å²) in [5, 5.41) is 4.51. The topological polar surface area (TPSA) is 43.3 Å². The van der Waals surface area contributed by atoms with E-state index in [0.717, 1.165) is 38.1 Å². The largest absolute Gasteiger partial charge is 0.501 e. The molecule has 1 radical (unpaired) electrons. The fraction of sp³-hybridized carbons (Fsp3) is 0.136. The number of para-hydroxylation sites is 2. The summed E-state index contributed by atoms with van der Waals surface area (Å²) in [5.74, 6) is -0.274. The molecule has 50 heavy (non-hydrogen) atoms. The maximum absolute atomic E-state index is 13.4. The number of rotatable bonds is 3. The van der Waals surface area contributed by atoms with Crippen molar-refractivity contribution in [3.05, 3.63) is 151 Å². The van der Waals surface area contributed by atoms with Crippen molar-refractivity contribution in [3.63, 3.8) is 0 Å². The Balaban J connectivity index is 0.000000216. The van der Waals surface area contributed by atoms with Crippen LogP contribution in [0.3, 0.4) is 0 Å². The quantitative estimate of drug-likeness (QED) is 0.131. The van der Waals surface area contributed by atoms with Crippen molar-refractivity contribution in [1.82, 2.24) is 14.4 Å². The first-order valence-electron chi connectivity index (χ1n) is 19.3. The van der Waals surface area contributed by atoms with E-state index in [1.165, 1.54) is 24.4 Å². The Kier molecular flexibility index (Phi) is 6.84. The molecule has 0 aliphatic carbocycles. The van der Waals surface area contributed by atoms with E-state index in [1.54, 1.807) is 45.2 Å². The van der Waals surface area contributed by atoms with Crippen molar-refractivity contribution in [1.29, 1.82) is 0 Å². The van der Waals surface area contributed by atoms with Crippen LogP contribution in [0.1, 0.15) is 41.5 Å². The van der Waals surface area contributed by atoms with Gasteiger partial charge in [-0.1, -0.05) is 109 Å². The van der Waals surface area contributed by atoms with Gasteiger partial charge in [-0.3, -0.25) is 9.37 Å². The van der Waals surface area contributed by atoms with Crippen molar-refractivity contribution < 1.29 is 38.5 Å². The number of imidazole rings is 1. The minimum Gasteiger partial charge on any atom is -0.501 e. The van der Waals surface area contributed by atoms with Crippen LogP contribution in [-0.2, 0) is 26.5 Å². The van der Waals surface area contributed by atoms with Crippen LogP contribution in [0, 0.1) is 30.2 Å². The Morgan fingerprint density at radius 2 is 1.70 bits per heavy atom. The Labute approximate surface area is 313 Å². The zero-order valence-corrected chi connectivity index (χ0v) is 29.7. The summed E-state index contributed by atoms with van der Waals surface area (Å²) in [6, 6.07) is 32.3. The fourth-order valence-electron chi connectivity index (χ4n) is 6.19. The van der Waals surface area contributed by atoms with Gasteiger partial charge in [0.2, 0.25) is 0 Å². The Hall–Kier alpha value is -5.16. The Morgan fingerprint density at radius 1 is 0.920 bits per heavy atom. The molecule has 0 unspecified atom stereocenters. The van der Waals surface area contributed by atoms with Gasteiger partial charge in [0, 0.05) is 62.3 Å². The molecule has 0 aliphatic rings. The third-order valence-electron chi connectivity index (χ3n) is 8.26. The molecule has 9 aromatic rings. The van der Waals surface area contributed by atoms with Crippen molar-refractivity contribution in [3.8, 4) is 22.4 Å². The summed E-state index contributed by atoms with van der Waals surface area (Å²) < 4.78 is 80.5. The van der Waals surface area contributed by atoms with Gasteiger partial charge >= 0.3 is 0 Å². The number of benzene rings is 5. The van der Waals surface area contributed by atoms with Crippen molar-refractivity contribution in [2.24, 2.45) is 5.41 Å². The molecule has 0 amide bonds. The number of aryl methyl sites for hydroxylation is 1. The Bertz CT molecular complexity index is 2960. The fourth-order valence-corrected chi connectivity index (χ4v) is 6.19. The number of aromatic nitrogens is 3. The second-order valence-corrected chi connectivity index (χ2v) is 12.8. The molecule has 0 fully saturated rings. The van der Waals surface area contributed by atoms with Gasteiger partial charge in [-0.05, 0) is 64.1 Å². The summed E-state index contributed by atoms with van der Waals surface area (Å²) >= 11 is 0. The minimum atomic E-state index is -2.55. The number of hydrogen-bond donors (Lipinski definition) is 0. The van der Waals surface area contributed by atoms with Gasteiger partial charge in [0.15, 0.2) is 0 Å². The molecule has 4 aromatic heterocycles. The summed E-state index contributed by atoms with van der Waals surface area (Å²) in [6.07, 6.45) is 3.11. The third-order valence-corrected chi connectivity index (χ3v) is 8.26. The smallest absolute Gasteiger partial charge is 0.120 e. The standard InChI is InChI=1S/C29H26NO.C15H8FN2.Ir/c1-19-18-30-26(16-25(19)21-14-12-20(13-15-21)17-29(2,3)4)24-10-7-9-23-22-8-5-6-11-27(22)31-28(23)24;16-10-5-6-12-13(9-10)11-3-1-2-4-14(11)18-8-7-17-15(12)18;/h5-9,11-16,18H,17H2,1-4H3;1-5,7-9H;/q2*-1;/i1D3,14D,15D,17D2;;. The molecule has 0 bridgehead atoms. The number of pyridine rings is 2. The van der Waals surface area contributed by atoms with Crippen LogP contribution in [0.5, 0.6) is 0 Å². The van der Waals surface area contributed by atoms with Gasteiger partial charge in [0.05, 0.1) is 14.0 Å². The van der Waals surface area contributed by atoms with Crippen LogP contribution in [-0.4, -0.2) is 14.4 Å². The average molecular weight is 839 g/mol. The van der Waals surface area contributed by atoms with Crippen LogP contribution in [0.4, 0.5) is 4.39 Å². The number of halogens is 1. The van der Waals surface area contributed by atoms with Crippen LogP contribution >= 0.6 is 0 Å². The van der Waals surface area contributed by atoms with Crippen LogP contribution in [0.25, 0.3) is 71.6 Å². The Morgan fingerprint density at radius 3 is 2.50 bits per heavy atom. The normalized spacial score (nSPS) is 14.2. The second-order valence-electron chi connectivity index (χ2n) is 12.8. The van der Waals surface area contributed by atoms with E-state index in [2.05, 4.69) is 22.1 Å². The van der Waals surface area contributed by atoms with Crippen LogP contribution in [0.2, 0.25) is 0 Å². The first kappa shape index (κ1) is 25.8. The summed E-state index contributed by atoms with van der Waals surface area (Å²) in [7, 11) is 0. The van der Waals surface area contributed by atoms with E-state index < -0.39 is 18.6 Å². The van der Waals surface area contributed by atoms with E-state index in [9.17, 15) is 4.39 Å². The van der Waals surface area contributed by atoms with Gasteiger partial charge in [-0.25, -0.2) is 0 Å². The van der Waals surface area contributed by atoms with Crippen molar-refractivity contribution in [2.45, 2.75) is 34.0 Å². The van der Waals surface area contributed by atoms with E-state index >= 15 is 0 Å². The molecule has 0 saturated carbocycles. The number of hydrogen-bond acceptors (Lipinski definition) is 3. The zero-order valence-electron chi connectivity index (χ0n) is 34.4. The first-order chi connectivity index (χ1) is 26.5. The van der Waals surface area contributed by atoms with E-state index in [0.29, 0.717) is 22.4 Å². The molecule has 5 aromatic carbocycles. The molecule has 4 heterocycles. The summed E-state index contributed by atoms with van der Waals surface area (Å²) in [6.45, 7) is 2.72. The van der Waals surface area contributed by atoms with Crippen molar-refractivity contribution in [2.75, 3.05) is 0 Å². The van der Waals surface area contributed by atoms with E-state index in [-0.39, 0.29) is 60.3 Å².